The van der Waals surface area contributed by atoms with Gasteiger partial charge in [0.05, 0.1) is 11.9 Å². The number of nitrogens with zero attached hydrogens (tertiary/aromatic N) is 3. The molecule has 130 valence electrons. The van der Waals surface area contributed by atoms with Crippen molar-refractivity contribution in [3.63, 3.8) is 0 Å². The molecule has 3 rings (SSSR count). The second-order valence-electron chi connectivity index (χ2n) is 7.14. The Morgan fingerprint density at radius 3 is 2.96 bits per heavy atom. The van der Waals surface area contributed by atoms with Crippen molar-refractivity contribution >= 4 is 17.5 Å². The van der Waals surface area contributed by atoms with Crippen molar-refractivity contribution in [2.24, 2.45) is 11.8 Å². The Bertz CT molecular complexity index is 592. The Morgan fingerprint density at radius 2 is 2.21 bits per heavy atom. The highest BCUT2D eigenvalue weighted by atomic mass is 16.2. The number of carbonyl (C=O) groups excluding carboxylic acids is 2. The maximum absolute atomic E-state index is 12.1. The number of hydrogen-bond acceptors (Lipinski definition) is 4. The zero-order chi connectivity index (χ0) is 17.1. The molecule has 24 heavy (non-hydrogen) atoms. The van der Waals surface area contributed by atoms with Crippen LogP contribution in [0.25, 0.3) is 0 Å². The van der Waals surface area contributed by atoms with E-state index < -0.39 is 0 Å². The van der Waals surface area contributed by atoms with Crippen LogP contribution in [0.4, 0.5) is 5.69 Å². The molecule has 1 aliphatic heterocycles. The van der Waals surface area contributed by atoms with E-state index in [1.54, 1.807) is 18.5 Å². The van der Waals surface area contributed by atoms with Gasteiger partial charge in [-0.1, -0.05) is 0 Å². The molecule has 1 aliphatic carbocycles. The largest absolute Gasteiger partial charge is 0.345 e. The van der Waals surface area contributed by atoms with Gasteiger partial charge in [-0.2, -0.15) is 0 Å². The van der Waals surface area contributed by atoms with Gasteiger partial charge in [-0.15, -0.1) is 0 Å². The van der Waals surface area contributed by atoms with E-state index in [1.807, 2.05) is 18.0 Å². The molecule has 1 N–H and O–H groups in total. The molecule has 0 spiro atoms. The van der Waals surface area contributed by atoms with Gasteiger partial charge in [-0.05, 0) is 43.9 Å². The lowest BCUT2D eigenvalue weighted by Gasteiger charge is -2.31. The summed E-state index contributed by atoms with van der Waals surface area (Å²) in [4.78, 5) is 32.1. The predicted molar refractivity (Wildman–Crippen MR) is 92.4 cm³/mol. The predicted octanol–water partition coefficient (Wildman–Crippen LogP) is 1.60. The maximum Gasteiger partial charge on any atom is 0.225 e. The highest BCUT2D eigenvalue weighted by Crippen LogP contribution is 2.39. The second-order valence-corrected chi connectivity index (χ2v) is 7.14. The lowest BCUT2D eigenvalue weighted by molar-refractivity contribution is -0.134. The van der Waals surface area contributed by atoms with Gasteiger partial charge in [0, 0.05) is 45.2 Å². The summed E-state index contributed by atoms with van der Waals surface area (Å²) >= 11 is 0. The highest BCUT2D eigenvalue weighted by molar-refractivity contribution is 5.90. The van der Waals surface area contributed by atoms with E-state index in [0.29, 0.717) is 30.7 Å². The molecular weight excluding hydrogens is 304 g/mol. The summed E-state index contributed by atoms with van der Waals surface area (Å²) in [5, 5.41) is 2.87. The van der Waals surface area contributed by atoms with Crippen LogP contribution in [0.15, 0.2) is 24.5 Å². The zero-order valence-corrected chi connectivity index (χ0v) is 14.4. The van der Waals surface area contributed by atoms with Gasteiger partial charge in [0.2, 0.25) is 11.8 Å². The topological polar surface area (TPSA) is 65.5 Å². The van der Waals surface area contributed by atoms with Crippen molar-refractivity contribution in [1.82, 2.24) is 14.8 Å². The number of anilines is 1. The van der Waals surface area contributed by atoms with Crippen LogP contribution in [-0.2, 0) is 9.59 Å². The summed E-state index contributed by atoms with van der Waals surface area (Å²) in [7, 11) is 3.99. The molecule has 0 unspecified atom stereocenters. The molecule has 1 saturated carbocycles. The minimum atomic E-state index is 0.0141. The van der Waals surface area contributed by atoms with E-state index in [2.05, 4.69) is 22.2 Å². The van der Waals surface area contributed by atoms with Gasteiger partial charge in [-0.25, -0.2) is 0 Å². The number of hydrogen-bond donors (Lipinski definition) is 1. The van der Waals surface area contributed by atoms with E-state index in [-0.39, 0.29) is 11.8 Å². The van der Waals surface area contributed by atoms with Crippen LogP contribution in [0.2, 0.25) is 0 Å². The van der Waals surface area contributed by atoms with Gasteiger partial charge >= 0.3 is 0 Å². The highest BCUT2D eigenvalue weighted by Gasteiger charge is 2.41. The van der Waals surface area contributed by atoms with Crippen molar-refractivity contribution in [1.29, 1.82) is 0 Å². The van der Waals surface area contributed by atoms with Crippen LogP contribution in [0.1, 0.15) is 25.7 Å². The van der Waals surface area contributed by atoms with Crippen molar-refractivity contribution in [2.45, 2.75) is 31.7 Å². The van der Waals surface area contributed by atoms with Gasteiger partial charge in [-0.3, -0.25) is 14.6 Å². The van der Waals surface area contributed by atoms with Gasteiger partial charge in [0.15, 0.2) is 0 Å². The van der Waals surface area contributed by atoms with Gasteiger partial charge in [0.25, 0.3) is 0 Å². The van der Waals surface area contributed by atoms with Crippen LogP contribution < -0.4 is 5.32 Å². The molecule has 2 heterocycles. The van der Waals surface area contributed by atoms with Crippen LogP contribution in [-0.4, -0.2) is 59.8 Å². The molecule has 1 aromatic rings. The third-order valence-corrected chi connectivity index (χ3v) is 5.45. The fraction of sp³-hybridized carbons (Fsp3) is 0.611. The number of pyridine rings is 1. The summed E-state index contributed by atoms with van der Waals surface area (Å²) < 4.78 is 0. The standard InChI is InChI=1S/C18H26N4O2/c1-21(7-5-17(23)20-15-4-3-6-19-11-15)16-8-13-10-18(24)22(2)12-14(13)9-16/h3-4,6,11,13-14,16H,5,7-10,12H2,1-2H3,(H,20,23)/t13-,14+,16-/m1/s1. The van der Waals surface area contributed by atoms with Crippen molar-refractivity contribution in [2.75, 3.05) is 32.5 Å². The Labute approximate surface area is 143 Å². The first-order chi connectivity index (χ1) is 11.5. The molecule has 6 heteroatoms. The average molecular weight is 330 g/mol. The third kappa shape index (κ3) is 3.93. The molecule has 1 saturated heterocycles. The fourth-order valence-electron chi connectivity index (χ4n) is 3.97. The molecule has 0 bridgehead atoms. The lowest BCUT2D eigenvalue weighted by atomic mass is 9.88. The number of piperidine rings is 1. The molecule has 1 aromatic heterocycles. The molecule has 0 radical (unpaired) electrons. The first-order valence-electron chi connectivity index (χ1n) is 8.67. The minimum Gasteiger partial charge on any atom is -0.345 e. The van der Waals surface area contributed by atoms with Gasteiger partial charge in [0.1, 0.15) is 0 Å². The van der Waals surface area contributed by atoms with Crippen LogP contribution >= 0.6 is 0 Å². The van der Waals surface area contributed by atoms with E-state index in [4.69, 9.17) is 0 Å². The Hall–Kier alpha value is -1.95. The first-order valence-corrected chi connectivity index (χ1v) is 8.67. The number of nitrogens with one attached hydrogen (secondary N) is 1. The SMILES string of the molecule is CN1C[C@@H]2C[C@H](N(C)CCC(=O)Nc3cccnc3)C[C@@H]2CC1=O. The third-order valence-electron chi connectivity index (χ3n) is 5.45. The monoisotopic (exact) mass is 330 g/mol. The Balaban J connectivity index is 1.45. The summed E-state index contributed by atoms with van der Waals surface area (Å²) in [5.41, 5.74) is 0.735. The first kappa shape index (κ1) is 16.9. The summed E-state index contributed by atoms with van der Waals surface area (Å²) in [6.07, 6.45) is 6.69. The molecule has 2 amide bonds. The second kappa shape index (κ2) is 7.30. The molecule has 2 aliphatic rings. The molecular formula is C18H26N4O2. The Morgan fingerprint density at radius 1 is 1.42 bits per heavy atom. The molecule has 6 nitrogen and oxygen atoms in total. The quantitative estimate of drug-likeness (QED) is 0.890. The number of carbonyl (C=O) groups is 2. The summed E-state index contributed by atoms with van der Waals surface area (Å²) in [5.74, 6) is 1.42. The zero-order valence-electron chi connectivity index (χ0n) is 14.4. The smallest absolute Gasteiger partial charge is 0.225 e. The van der Waals surface area contributed by atoms with E-state index in [0.717, 1.165) is 31.6 Å². The van der Waals surface area contributed by atoms with Crippen molar-refractivity contribution < 1.29 is 9.59 Å². The Kier molecular flexibility index (Phi) is 5.14. The maximum atomic E-state index is 12.1. The summed E-state index contributed by atoms with van der Waals surface area (Å²) in [6.45, 7) is 1.62. The molecule has 0 aromatic carbocycles. The normalized spacial score (nSPS) is 26.5. The van der Waals surface area contributed by atoms with Crippen LogP contribution in [0.3, 0.4) is 0 Å². The van der Waals surface area contributed by atoms with E-state index >= 15 is 0 Å². The number of aromatic nitrogens is 1. The number of rotatable bonds is 5. The van der Waals surface area contributed by atoms with Crippen molar-refractivity contribution in [3.05, 3.63) is 24.5 Å². The van der Waals surface area contributed by atoms with Crippen molar-refractivity contribution in [3.8, 4) is 0 Å². The number of amides is 2. The number of likely N-dealkylation sites (tertiary alicyclic amines) is 1. The minimum absolute atomic E-state index is 0.0141. The lowest BCUT2D eigenvalue weighted by Crippen LogP contribution is -2.39. The molecule has 2 fully saturated rings. The van der Waals surface area contributed by atoms with E-state index in [1.165, 1.54) is 0 Å². The van der Waals surface area contributed by atoms with Crippen LogP contribution in [0.5, 0.6) is 0 Å². The van der Waals surface area contributed by atoms with Gasteiger partial charge < -0.3 is 15.1 Å². The van der Waals surface area contributed by atoms with Crippen LogP contribution in [0, 0.1) is 11.8 Å². The van der Waals surface area contributed by atoms with E-state index in [9.17, 15) is 9.59 Å². The number of fused-ring (bicyclic) bond motifs is 1. The molecule has 3 atom stereocenters. The summed E-state index contributed by atoms with van der Waals surface area (Å²) in [6, 6.07) is 4.12. The fourth-order valence-corrected chi connectivity index (χ4v) is 3.97. The average Bonchev–Trinajstić information content (AvgIpc) is 2.97.